The molecule has 1 aliphatic rings. The normalized spacial score (nSPS) is 13.9. The minimum absolute atomic E-state index is 0.344. The van der Waals surface area contributed by atoms with E-state index < -0.39 is 0 Å². The van der Waals surface area contributed by atoms with E-state index in [1.807, 2.05) is 42.5 Å². The number of nitrogens with one attached hydrogen (secondary N) is 2. The van der Waals surface area contributed by atoms with Crippen molar-refractivity contribution in [1.82, 2.24) is 5.43 Å². The van der Waals surface area contributed by atoms with Gasteiger partial charge in [-0.05, 0) is 39.7 Å². The van der Waals surface area contributed by atoms with Gasteiger partial charge in [-0.3, -0.25) is 11.3 Å². The maximum absolute atomic E-state index is 8.47. The summed E-state index contributed by atoms with van der Waals surface area (Å²) in [7, 11) is 0. The van der Waals surface area contributed by atoms with Gasteiger partial charge in [0.1, 0.15) is 5.75 Å². The van der Waals surface area contributed by atoms with Crippen LogP contribution in [0.4, 0.5) is 0 Å². The molecule has 2 aromatic carbocycles. The van der Waals surface area contributed by atoms with Crippen molar-refractivity contribution in [1.29, 1.82) is 5.41 Å². The lowest BCUT2D eigenvalue weighted by Gasteiger charge is -2.13. The summed E-state index contributed by atoms with van der Waals surface area (Å²) in [5, 5.41) is 8.47. The zero-order valence-electron chi connectivity index (χ0n) is 12.2. The summed E-state index contributed by atoms with van der Waals surface area (Å²) in [6, 6.07) is 13.6. The molecule has 23 heavy (non-hydrogen) atoms. The molecule has 4 nitrogen and oxygen atoms in total. The zero-order valence-corrected chi connectivity index (χ0v) is 15.4. The number of ether oxygens (including phenoxy) is 1. The molecule has 0 fully saturated rings. The molecule has 4 N–H and O–H groups in total. The molecule has 0 unspecified atom stereocenters. The van der Waals surface area contributed by atoms with E-state index in [0.29, 0.717) is 22.5 Å². The second-order valence-electron chi connectivity index (χ2n) is 5.14. The van der Waals surface area contributed by atoms with Gasteiger partial charge in [0.2, 0.25) is 0 Å². The van der Waals surface area contributed by atoms with Crippen molar-refractivity contribution < 1.29 is 4.74 Å². The monoisotopic (exact) mass is 435 g/mol. The van der Waals surface area contributed by atoms with Gasteiger partial charge < -0.3 is 10.2 Å². The molecule has 0 spiro atoms. The van der Waals surface area contributed by atoms with Crippen LogP contribution in [0.2, 0.25) is 0 Å². The Morgan fingerprint density at radius 3 is 2.74 bits per heavy atom. The number of halogens is 2. The fourth-order valence-electron chi connectivity index (χ4n) is 2.49. The lowest BCUT2D eigenvalue weighted by Crippen LogP contribution is -2.22. The van der Waals surface area contributed by atoms with Crippen LogP contribution in [0.15, 0.2) is 51.4 Å². The minimum Gasteiger partial charge on any atom is -0.493 e. The smallest absolute Gasteiger partial charge is 0.123 e. The van der Waals surface area contributed by atoms with Gasteiger partial charge in [-0.1, -0.05) is 40.2 Å². The lowest BCUT2D eigenvalue weighted by molar-refractivity contribution is 0.357. The molecular weight excluding hydrogens is 422 g/mol. The van der Waals surface area contributed by atoms with E-state index in [4.69, 9.17) is 16.0 Å². The maximum Gasteiger partial charge on any atom is 0.123 e. The van der Waals surface area contributed by atoms with Gasteiger partial charge >= 0.3 is 0 Å². The Balaban J connectivity index is 1.99. The van der Waals surface area contributed by atoms with Crippen molar-refractivity contribution in [2.45, 2.75) is 6.42 Å². The molecule has 0 bridgehead atoms. The van der Waals surface area contributed by atoms with Crippen molar-refractivity contribution >= 4 is 43.3 Å². The van der Waals surface area contributed by atoms with Crippen LogP contribution < -0.4 is 16.0 Å². The molecule has 1 heterocycles. The van der Waals surface area contributed by atoms with E-state index in [1.54, 1.807) is 0 Å². The highest BCUT2D eigenvalue weighted by Crippen LogP contribution is 2.30. The van der Waals surface area contributed by atoms with Gasteiger partial charge in [-0.25, -0.2) is 0 Å². The molecule has 118 valence electrons. The number of benzene rings is 2. The standard InChI is InChI=1S/C17H15Br2N3O/c18-13-3-1-2-12(8-13)17(22-21)15(19)16(20)11-5-4-10-6-7-23-14(10)9-11/h1-5,8-9,20,22H,6-7,21H2/b17-15+,20-16?. The average Bonchev–Trinajstić information content (AvgIpc) is 3.02. The second kappa shape index (κ2) is 6.86. The lowest BCUT2D eigenvalue weighted by atomic mass is 10.0. The van der Waals surface area contributed by atoms with Crippen LogP contribution in [0.5, 0.6) is 5.75 Å². The molecule has 0 amide bonds. The van der Waals surface area contributed by atoms with Gasteiger partial charge in [0.15, 0.2) is 0 Å². The fourth-order valence-corrected chi connectivity index (χ4v) is 3.46. The van der Waals surface area contributed by atoms with Crippen molar-refractivity contribution in [3.8, 4) is 5.75 Å². The van der Waals surface area contributed by atoms with E-state index in [1.165, 1.54) is 5.56 Å². The highest BCUT2D eigenvalue weighted by atomic mass is 79.9. The first-order valence-corrected chi connectivity index (χ1v) is 8.66. The summed E-state index contributed by atoms with van der Waals surface area (Å²) in [6.07, 6.45) is 0.924. The third-order valence-corrected chi connectivity index (χ3v) is 4.97. The third kappa shape index (κ3) is 3.34. The van der Waals surface area contributed by atoms with Crippen LogP contribution in [0.1, 0.15) is 16.7 Å². The Morgan fingerprint density at radius 1 is 1.17 bits per heavy atom. The number of fused-ring (bicyclic) bond motifs is 1. The summed E-state index contributed by atoms with van der Waals surface area (Å²) in [4.78, 5) is 0. The highest BCUT2D eigenvalue weighted by Gasteiger charge is 2.17. The number of hydrogen-bond donors (Lipinski definition) is 3. The van der Waals surface area contributed by atoms with Gasteiger partial charge in [0.25, 0.3) is 0 Å². The number of rotatable bonds is 4. The van der Waals surface area contributed by atoms with Gasteiger partial charge in [-0.15, -0.1) is 0 Å². The zero-order chi connectivity index (χ0) is 16.4. The van der Waals surface area contributed by atoms with Crippen LogP contribution in [0.3, 0.4) is 0 Å². The van der Waals surface area contributed by atoms with Crippen LogP contribution in [0.25, 0.3) is 5.70 Å². The van der Waals surface area contributed by atoms with E-state index in [2.05, 4.69) is 37.3 Å². The number of nitrogens with two attached hydrogens (primary N) is 1. The molecule has 1 aliphatic heterocycles. The highest BCUT2D eigenvalue weighted by molar-refractivity contribution is 9.12. The van der Waals surface area contributed by atoms with Gasteiger partial charge in [0.05, 0.1) is 22.5 Å². The van der Waals surface area contributed by atoms with Gasteiger partial charge in [-0.2, -0.15) is 0 Å². The Kier molecular flexibility index (Phi) is 4.84. The molecule has 0 saturated heterocycles. The predicted molar refractivity (Wildman–Crippen MR) is 99.8 cm³/mol. The Labute approximate surface area is 151 Å². The summed E-state index contributed by atoms with van der Waals surface area (Å²) in [5.41, 5.74) is 6.53. The fraction of sp³-hybridized carbons (Fsp3) is 0.118. The maximum atomic E-state index is 8.47. The summed E-state index contributed by atoms with van der Waals surface area (Å²) in [6.45, 7) is 0.705. The number of hydrazine groups is 1. The van der Waals surface area contributed by atoms with Crippen LogP contribution in [0, 0.1) is 5.41 Å². The quantitative estimate of drug-likeness (QED) is 0.385. The molecule has 0 radical (unpaired) electrons. The first kappa shape index (κ1) is 16.2. The third-order valence-electron chi connectivity index (χ3n) is 3.68. The molecule has 6 heteroatoms. The molecule has 0 saturated carbocycles. The Bertz CT molecular complexity index is 802. The van der Waals surface area contributed by atoms with E-state index in [9.17, 15) is 0 Å². The van der Waals surface area contributed by atoms with Crippen molar-refractivity contribution in [3.05, 3.63) is 68.1 Å². The first-order valence-electron chi connectivity index (χ1n) is 7.07. The predicted octanol–water partition coefficient (Wildman–Crippen LogP) is 3.98. The number of hydrogen-bond acceptors (Lipinski definition) is 4. The van der Waals surface area contributed by atoms with Gasteiger partial charge in [0, 0.05) is 22.0 Å². The SMILES string of the molecule is N=C(/C(Br)=C(\NN)c1cccc(Br)c1)c1ccc2c(c1)OCC2. The van der Waals surface area contributed by atoms with Crippen molar-refractivity contribution in [2.75, 3.05) is 6.61 Å². The second-order valence-corrected chi connectivity index (χ2v) is 6.85. The Morgan fingerprint density at radius 2 is 2.00 bits per heavy atom. The van der Waals surface area contributed by atoms with Crippen molar-refractivity contribution in [2.24, 2.45) is 5.84 Å². The summed E-state index contributed by atoms with van der Waals surface area (Å²) < 4.78 is 7.12. The molecule has 3 rings (SSSR count). The number of allylic oxidation sites excluding steroid dienone is 1. The summed E-state index contributed by atoms with van der Waals surface area (Å²) >= 11 is 6.95. The van der Waals surface area contributed by atoms with Crippen LogP contribution in [-0.4, -0.2) is 12.3 Å². The largest absolute Gasteiger partial charge is 0.493 e. The van der Waals surface area contributed by atoms with Crippen molar-refractivity contribution in [3.63, 3.8) is 0 Å². The molecule has 0 aliphatic carbocycles. The minimum atomic E-state index is 0.344. The average molecular weight is 437 g/mol. The Hall–Kier alpha value is -1.63. The molecular formula is C17H15Br2N3O. The first-order chi connectivity index (χ1) is 11.1. The molecule has 0 aromatic heterocycles. The van der Waals surface area contributed by atoms with E-state index in [0.717, 1.165) is 27.8 Å². The molecule has 0 atom stereocenters. The molecule has 2 aromatic rings. The van der Waals surface area contributed by atoms with Crippen LogP contribution >= 0.6 is 31.9 Å². The van der Waals surface area contributed by atoms with Crippen LogP contribution in [-0.2, 0) is 6.42 Å². The summed E-state index contributed by atoms with van der Waals surface area (Å²) in [5.74, 6) is 6.55. The topological polar surface area (TPSA) is 71.1 Å². The van der Waals surface area contributed by atoms with E-state index in [-0.39, 0.29) is 0 Å². The van der Waals surface area contributed by atoms with E-state index >= 15 is 0 Å².